The van der Waals surface area contributed by atoms with E-state index in [0.29, 0.717) is 18.5 Å². The molecule has 1 aliphatic rings. The van der Waals surface area contributed by atoms with Gasteiger partial charge in [-0.05, 0) is 42.1 Å². The maximum absolute atomic E-state index is 12.4. The number of carbonyl (C=O) groups is 2. The first kappa shape index (κ1) is 17.6. The zero-order valence-electron chi connectivity index (χ0n) is 14.6. The van der Waals surface area contributed by atoms with Crippen LogP contribution in [0.25, 0.3) is 0 Å². The Morgan fingerprint density at radius 2 is 2.04 bits per heavy atom. The van der Waals surface area contributed by atoms with Crippen LogP contribution in [0.2, 0.25) is 0 Å². The lowest BCUT2D eigenvalue weighted by Gasteiger charge is -2.21. The zero-order chi connectivity index (χ0) is 17.8. The maximum Gasteiger partial charge on any atom is 0.251 e. The molecule has 2 amide bonds. The Morgan fingerprint density at radius 3 is 2.60 bits per heavy atom. The van der Waals surface area contributed by atoms with Crippen molar-refractivity contribution in [2.75, 3.05) is 32.1 Å². The molecule has 1 fully saturated rings. The first-order chi connectivity index (χ1) is 12.1. The molecule has 1 aromatic heterocycles. The molecule has 1 saturated heterocycles. The lowest BCUT2D eigenvalue weighted by atomic mass is 10.1. The summed E-state index contributed by atoms with van der Waals surface area (Å²) in [5.41, 5.74) is 1.49. The molecule has 2 heterocycles. The summed E-state index contributed by atoms with van der Waals surface area (Å²) < 4.78 is 0. The Labute approximate surface area is 152 Å². The smallest absolute Gasteiger partial charge is 0.251 e. The topological polar surface area (TPSA) is 53.9 Å². The molecular weight excluding hydrogens is 334 g/mol. The van der Waals surface area contributed by atoms with Gasteiger partial charge in [0.15, 0.2) is 0 Å². The molecule has 132 valence electrons. The second-order valence-electron chi connectivity index (χ2n) is 6.55. The number of anilines is 1. The van der Waals surface area contributed by atoms with Crippen LogP contribution in [0.3, 0.4) is 0 Å². The minimum atomic E-state index is -0.0814. The predicted molar refractivity (Wildman–Crippen MR) is 100 cm³/mol. The molecule has 6 heteroatoms. The van der Waals surface area contributed by atoms with Crippen molar-refractivity contribution in [3.05, 3.63) is 52.2 Å². The highest BCUT2D eigenvalue weighted by atomic mass is 32.1. The molecule has 1 aliphatic heterocycles. The van der Waals surface area contributed by atoms with Gasteiger partial charge in [0.25, 0.3) is 5.91 Å². The predicted octanol–water partition coefficient (Wildman–Crippen LogP) is 1.49. The molecule has 2 aromatic rings. The standard InChI is InChI=1S/C19H23N3O2S/c1-21(2)16(17-5-4-12-25-17)13-20-19(24)14-7-9-15(10-8-14)22-11-3-6-18(22)23/h4-5,7-10,12,16H,3,6,11,13H2,1-2H3,(H,20,24)/p+1/t16-/m1/s1. The molecule has 1 atom stereocenters. The molecule has 5 nitrogen and oxygen atoms in total. The minimum Gasteiger partial charge on any atom is -0.346 e. The Morgan fingerprint density at radius 1 is 1.28 bits per heavy atom. The number of carbonyl (C=O) groups excluding carboxylic acids is 2. The summed E-state index contributed by atoms with van der Waals surface area (Å²) in [5, 5.41) is 5.09. The van der Waals surface area contributed by atoms with Crippen LogP contribution in [-0.4, -0.2) is 39.0 Å². The molecule has 0 bridgehead atoms. The highest BCUT2D eigenvalue weighted by Gasteiger charge is 2.22. The number of rotatable bonds is 6. The maximum atomic E-state index is 12.4. The summed E-state index contributed by atoms with van der Waals surface area (Å²) in [5.74, 6) is 0.0760. The van der Waals surface area contributed by atoms with Gasteiger partial charge in [-0.15, -0.1) is 11.3 Å². The summed E-state index contributed by atoms with van der Waals surface area (Å²) in [6, 6.07) is 11.7. The van der Waals surface area contributed by atoms with Crippen LogP contribution < -0.4 is 15.1 Å². The molecule has 0 spiro atoms. The van der Waals surface area contributed by atoms with Crippen LogP contribution in [0.5, 0.6) is 0 Å². The average Bonchev–Trinajstić information content (AvgIpc) is 3.26. The van der Waals surface area contributed by atoms with Gasteiger partial charge in [-0.3, -0.25) is 9.59 Å². The quantitative estimate of drug-likeness (QED) is 0.822. The monoisotopic (exact) mass is 358 g/mol. The fourth-order valence-electron chi connectivity index (χ4n) is 3.09. The van der Waals surface area contributed by atoms with Crippen molar-refractivity contribution in [2.45, 2.75) is 18.9 Å². The van der Waals surface area contributed by atoms with Gasteiger partial charge in [0.1, 0.15) is 6.04 Å². The summed E-state index contributed by atoms with van der Waals surface area (Å²) in [4.78, 5) is 28.6. The van der Waals surface area contributed by atoms with E-state index in [4.69, 9.17) is 0 Å². The van der Waals surface area contributed by atoms with Gasteiger partial charge >= 0.3 is 0 Å². The van der Waals surface area contributed by atoms with Gasteiger partial charge in [-0.2, -0.15) is 0 Å². The van der Waals surface area contributed by atoms with Gasteiger partial charge in [0.05, 0.1) is 25.5 Å². The second kappa shape index (κ2) is 7.80. The lowest BCUT2D eigenvalue weighted by molar-refractivity contribution is -0.890. The number of quaternary nitrogens is 1. The van der Waals surface area contributed by atoms with Crippen LogP contribution in [0, 0.1) is 0 Å². The molecule has 0 unspecified atom stereocenters. The molecule has 0 aliphatic carbocycles. The van der Waals surface area contributed by atoms with Crippen molar-refractivity contribution in [3.63, 3.8) is 0 Å². The van der Waals surface area contributed by atoms with Crippen LogP contribution in [0.1, 0.15) is 34.1 Å². The van der Waals surface area contributed by atoms with Crippen molar-refractivity contribution in [3.8, 4) is 0 Å². The fraction of sp³-hybridized carbons (Fsp3) is 0.368. The number of amides is 2. The van der Waals surface area contributed by atoms with E-state index in [-0.39, 0.29) is 17.9 Å². The summed E-state index contributed by atoms with van der Waals surface area (Å²) >= 11 is 1.71. The van der Waals surface area contributed by atoms with Crippen LogP contribution in [-0.2, 0) is 4.79 Å². The largest absolute Gasteiger partial charge is 0.346 e. The van der Waals surface area contributed by atoms with Gasteiger partial charge in [0, 0.05) is 24.2 Å². The fourth-order valence-corrected chi connectivity index (χ4v) is 4.04. The van der Waals surface area contributed by atoms with Gasteiger partial charge in [-0.1, -0.05) is 6.07 Å². The Bertz CT molecular complexity index is 726. The van der Waals surface area contributed by atoms with Crippen LogP contribution in [0.4, 0.5) is 5.69 Å². The number of nitrogens with one attached hydrogen (secondary N) is 2. The van der Waals surface area contributed by atoms with Crippen molar-refractivity contribution >= 4 is 28.8 Å². The van der Waals surface area contributed by atoms with E-state index in [9.17, 15) is 9.59 Å². The van der Waals surface area contributed by atoms with E-state index >= 15 is 0 Å². The number of thiophene rings is 1. The number of hydrogen-bond donors (Lipinski definition) is 2. The molecule has 2 N–H and O–H groups in total. The molecule has 1 aromatic carbocycles. The van der Waals surface area contributed by atoms with Crippen molar-refractivity contribution in [1.29, 1.82) is 0 Å². The highest BCUT2D eigenvalue weighted by Crippen LogP contribution is 2.21. The molecule has 0 saturated carbocycles. The van der Waals surface area contributed by atoms with Gasteiger partial charge in [0.2, 0.25) is 5.91 Å². The van der Waals surface area contributed by atoms with E-state index in [0.717, 1.165) is 18.7 Å². The van der Waals surface area contributed by atoms with E-state index in [1.807, 2.05) is 18.2 Å². The van der Waals surface area contributed by atoms with E-state index in [2.05, 4.69) is 30.9 Å². The minimum absolute atomic E-state index is 0.0814. The zero-order valence-corrected chi connectivity index (χ0v) is 15.4. The Balaban J connectivity index is 1.62. The Kier molecular flexibility index (Phi) is 5.50. The number of likely N-dealkylation sites (N-methyl/N-ethyl adjacent to an activating group) is 1. The normalized spacial score (nSPS) is 15.6. The summed E-state index contributed by atoms with van der Waals surface area (Å²) in [6.45, 7) is 1.35. The van der Waals surface area contributed by atoms with E-state index in [1.54, 1.807) is 28.4 Å². The van der Waals surface area contributed by atoms with Crippen molar-refractivity contribution in [2.24, 2.45) is 0 Å². The highest BCUT2D eigenvalue weighted by molar-refractivity contribution is 7.10. The number of nitrogens with zero attached hydrogens (tertiary/aromatic N) is 1. The third-order valence-corrected chi connectivity index (χ3v) is 5.55. The Hall–Kier alpha value is -2.18. The first-order valence-electron chi connectivity index (χ1n) is 8.58. The first-order valence-corrected chi connectivity index (χ1v) is 9.46. The molecule has 25 heavy (non-hydrogen) atoms. The average molecular weight is 358 g/mol. The number of hydrogen-bond acceptors (Lipinski definition) is 3. The van der Waals surface area contributed by atoms with Crippen LogP contribution in [0.15, 0.2) is 41.8 Å². The van der Waals surface area contributed by atoms with Gasteiger partial charge in [-0.25, -0.2) is 0 Å². The van der Waals surface area contributed by atoms with Crippen molar-refractivity contribution in [1.82, 2.24) is 5.32 Å². The van der Waals surface area contributed by atoms with Crippen LogP contribution >= 0.6 is 11.3 Å². The molecule has 3 rings (SSSR count). The summed E-state index contributed by atoms with van der Waals surface area (Å²) in [7, 11) is 4.19. The third kappa shape index (κ3) is 4.08. The second-order valence-corrected chi connectivity index (χ2v) is 7.53. The van der Waals surface area contributed by atoms with E-state index < -0.39 is 0 Å². The third-order valence-electron chi connectivity index (χ3n) is 4.56. The number of benzene rings is 1. The molecular formula is C19H24N3O2S+. The van der Waals surface area contributed by atoms with Gasteiger partial charge < -0.3 is 15.1 Å². The lowest BCUT2D eigenvalue weighted by Crippen LogP contribution is -3.06. The molecule has 0 radical (unpaired) electrons. The SMILES string of the molecule is C[NH+](C)[C@H](CNC(=O)c1ccc(N2CCCC2=O)cc1)c1cccs1. The van der Waals surface area contributed by atoms with Crippen molar-refractivity contribution < 1.29 is 14.5 Å². The summed E-state index contributed by atoms with van der Waals surface area (Å²) in [6.07, 6.45) is 1.51. The van der Waals surface area contributed by atoms with E-state index in [1.165, 1.54) is 9.78 Å².